The maximum Gasteiger partial charge on any atom is 0.149 e. The SMILES string of the molecule is COC[C@@H](C)NC1CCC(Nc2cc(-c3ccnc(NCC4CCOCC4)c3)c(F)cn2)CC1. The normalized spacial score (nSPS) is 22.3. The van der Waals surface area contributed by atoms with Crippen molar-refractivity contribution in [2.45, 2.75) is 63.6 Å². The molecule has 0 bridgehead atoms. The van der Waals surface area contributed by atoms with Gasteiger partial charge in [-0.15, -0.1) is 0 Å². The maximum absolute atomic E-state index is 14.7. The van der Waals surface area contributed by atoms with Crippen molar-refractivity contribution < 1.29 is 13.9 Å². The summed E-state index contributed by atoms with van der Waals surface area (Å²) in [5.74, 6) is 1.74. The van der Waals surface area contributed by atoms with E-state index in [1.165, 1.54) is 6.20 Å². The third-order valence-electron chi connectivity index (χ3n) is 6.86. The van der Waals surface area contributed by atoms with Crippen molar-refractivity contribution >= 4 is 11.6 Å². The first kappa shape index (κ1) is 24.8. The lowest BCUT2D eigenvalue weighted by Gasteiger charge is -2.31. The van der Waals surface area contributed by atoms with Crippen molar-refractivity contribution in [1.82, 2.24) is 15.3 Å². The Morgan fingerprint density at radius 1 is 1.06 bits per heavy atom. The molecule has 0 spiro atoms. The monoisotopic (exact) mass is 471 g/mol. The fourth-order valence-electron chi connectivity index (χ4n) is 4.95. The van der Waals surface area contributed by atoms with Crippen LogP contribution in [0.1, 0.15) is 45.4 Å². The van der Waals surface area contributed by atoms with Crippen molar-refractivity contribution in [1.29, 1.82) is 0 Å². The molecule has 1 saturated carbocycles. The van der Waals surface area contributed by atoms with Crippen LogP contribution >= 0.6 is 0 Å². The molecule has 3 N–H and O–H groups in total. The fourth-order valence-corrected chi connectivity index (χ4v) is 4.95. The van der Waals surface area contributed by atoms with E-state index in [0.29, 0.717) is 35.4 Å². The van der Waals surface area contributed by atoms with Crippen LogP contribution in [0.4, 0.5) is 16.0 Å². The summed E-state index contributed by atoms with van der Waals surface area (Å²) in [6.45, 7) is 5.38. The molecule has 0 unspecified atom stereocenters. The van der Waals surface area contributed by atoms with E-state index in [1.54, 1.807) is 13.3 Å². The highest BCUT2D eigenvalue weighted by Crippen LogP contribution is 2.28. The second-order valence-corrected chi connectivity index (χ2v) is 9.63. The molecule has 3 heterocycles. The quantitative estimate of drug-likeness (QED) is 0.472. The van der Waals surface area contributed by atoms with E-state index in [0.717, 1.165) is 76.3 Å². The average Bonchev–Trinajstić information content (AvgIpc) is 2.86. The molecule has 0 aromatic carbocycles. The Morgan fingerprint density at radius 3 is 2.59 bits per heavy atom. The van der Waals surface area contributed by atoms with Crippen LogP contribution in [0.15, 0.2) is 30.6 Å². The van der Waals surface area contributed by atoms with Crippen LogP contribution in [0, 0.1) is 11.7 Å². The Bertz CT molecular complexity index is 901. The van der Waals surface area contributed by atoms with E-state index >= 15 is 0 Å². The minimum absolute atomic E-state index is 0.327. The van der Waals surface area contributed by atoms with Crippen LogP contribution in [0.5, 0.6) is 0 Å². The molecule has 1 saturated heterocycles. The van der Waals surface area contributed by atoms with Crippen LogP contribution in [0.25, 0.3) is 11.1 Å². The van der Waals surface area contributed by atoms with E-state index < -0.39 is 0 Å². The number of methoxy groups -OCH3 is 1. The Labute approximate surface area is 202 Å². The van der Waals surface area contributed by atoms with Crippen molar-refractivity contribution in [3.05, 3.63) is 36.4 Å². The highest BCUT2D eigenvalue weighted by molar-refractivity contribution is 5.69. The van der Waals surface area contributed by atoms with E-state index in [4.69, 9.17) is 9.47 Å². The Balaban J connectivity index is 1.34. The lowest BCUT2D eigenvalue weighted by atomic mass is 9.90. The molecule has 4 rings (SSSR count). The Morgan fingerprint density at radius 2 is 1.82 bits per heavy atom. The second kappa shape index (κ2) is 12.4. The Kier molecular flexibility index (Phi) is 9.07. The molecule has 1 atom stereocenters. The number of hydrogen-bond acceptors (Lipinski definition) is 7. The summed E-state index contributed by atoms with van der Waals surface area (Å²) in [4.78, 5) is 8.73. The predicted molar refractivity (Wildman–Crippen MR) is 134 cm³/mol. The second-order valence-electron chi connectivity index (χ2n) is 9.63. The molecule has 0 amide bonds. The summed E-state index contributed by atoms with van der Waals surface area (Å²) < 4.78 is 25.4. The third-order valence-corrected chi connectivity index (χ3v) is 6.86. The first-order valence-corrected chi connectivity index (χ1v) is 12.6. The van der Waals surface area contributed by atoms with Crippen molar-refractivity contribution in [2.24, 2.45) is 5.92 Å². The molecule has 0 radical (unpaired) electrons. The minimum Gasteiger partial charge on any atom is -0.383 e. The summed E-state index contributed by atoms with van der Waals surface area (Å²) >= 11 is 0. The van der Waals surface area contributed by atoms with Crippen molar-refractivity contribution in [2.75, 3.05) is 44.1 Å². The van der Waals surface area contributed by atoms with E-state index in [9.17, 15) is 4.39 Å². The molecule has 2 aromatic rings. The van der Waals surface area contributed by atoms with Crippen LogP contribution in [-0.4, -0.2) is 61.6 Å². The van der Waals surface area contributed by atoms with Gasteiger partial charge in [-0.1, -0.05) is 0 Å². The number of pyridine rings is 2. The zero-order chi connectivity index (χ0) is 23.8. The van der Waals surface area contributed by atoms with E-state index in [-0.39, 0.29) is 5.82 Å². The summed E-state index contributed by atoms with van der Waals surface area (Å²) in [7, 11) is 1.74. The van der Waals surface area contributed by atoms with Crippen LogP contribution < -0.4 is 16.0 Å². The van der Waals surface area contributed by atoms with Gasteiger partial charge in [-0.3, -0.25) is 0 Å². The van der Waals surface area contributed by atoms with Crippen molar-refractivity contribution in [3.63, 3.8) is 0 Å². The molecule has 2 aromatic heterocycles. The lowest BCUT2D eigenvalue weighted by molar-refractivity contribution is 0.0699. The van der Waals surface area contributed by atoms with E-state index in [2.05, 4.69) is 32.8 Å². The standard InChI is InChI=1S/C26H38FN5O2/c1-18(17-33-2)31-21-3-5-22(6-4-21)32-26-14-23(24(27)16-30-26)20-7-10-28-25(13-20)29-15-19-8-11-34-12-9-19/h7,10,13-14,16,18-19,21-22,31H,3-6,8-9,11-12,15,17H2,1-2H3,(H,28,29)(H,30,32)/t18-,21?,22?/m1/s1. The maximum atomic E-state index is 14.7. The molecular weight excluding hydrogens is 433 g/mol. The van der Waals surface area contributed by atoms with Crippen LogP contribution in [0.2, 0.25) is 0 Å². The predicted octanol–water partition coefficient (Wildman–Crippen LogP) is 4.47. The molecule has 7 nitrogen and oxygen atoms in total. The summed E-state index contributed by atoms with van der Waals surface area (Å²) in [5.41, 5.74) is 1.34. The molecule has 186 valence electrons. The van der Waals surface area contributed by atoms with Gasteiger partial charge in [0, 0.05) is 56.8 Å². The largest absolute Gasteiger partial charge is 0.383 e. The molecule has 1 aliphatic heterocycles. The highest BCUT2D eigenvalue weighted by Gasteiger charge is 2.23. The molecule has 2 aliphatic rings. The van der Waals surface area contributed by atoms with Gasteiger partial charge in [-0.25, -0.2) is 14.4 Å². The van der Waals surface area contributed by atoms with Gasteiger partial charge in [0.1, 0.15) is 17.5 Å². The third kappa shape index (κ3) is 7.10. The summed E-state index contributed by atoms with van der Waals surface area (Å²) in [6.07, 6.45) is 9.48. The van der Waals surface area contributed by atoms with Gasteiger partial charge in [0.15, 0.2) is 0 Å². The average molecular weight is 472 g/mol. The molecule has 34 heavy (non-hydrogen) atoms. The summed E-state index contributed by atoms with van der Waals surface area (Å²) in [6, 6.07) is 6.80. The van der Waals surface area contributed by atoms with Gasteiger partial charge in [-0.05, 0) is 75.1 Å². The van der Waals surface area contributed by atoms with Gasteiger partial charge in [-0.2, -0.15) is 0 Å². The zero-order valence-electron chi connectivity index (χ0n) is 20.4. The van der Waals surface area contributed by atoms with Crippen LogP contribution in [-0.2, 0) is 9.47 Å². The fraction of sp³-hybridized carbons (Fsp3) is 0.615. The number of anilines is 2. The number of halogens is 1. The number of nitrogens with one attached hydrogen (secondary N) is 3. The first-order chi connectivity index (χ1) is 16.6. The molecular formula is C26H38FN5O2. The minimum atomic E-state index is -0.327. The molecule has 2 fully saturated rings. The number of nitrogens with zero attached hydrogens (tertiary/aromatic N) is 2. The van der Waals surface area contributed by atoms with Gasteiger partial charge >= 0.3 is 0 Å². The van der Waals surface area contributed by atoms with Gasteiger partial charge in [0.2, 0.25) is 0 Å². The molecule has 8 heteroatoms. The van der Waals surface area contributed by atoms with Crippen molar-refractivity contribution in [3.8, 4) is 11.1 Å². The molecule has 1 aliphatic carbocycles. The number of ether oxygens (including phenoxy) is 2. The Hall–Kier alpha value is -2.29. The lowest BCUT2D eigenvalue weighted by Crippen LogP contribution is -2.42. The topological polar surface area (TPSA) is 80.3 Å². The number of aromatic nitrogens is 2. The smallest absolute Gasteiger partial charge is 0.149 e. The zero-order valence-corrected chi connectivity index (χ0v) is 20.4. The number of rotatable bonds is 10. The van der Waals surface area contributed by atoms with E-state index in [1.807, 2.05) is 18.2 Å². The van der Waals surface area contributed by atoms with Gasteiger partial charge in [0.05, 0.1) is 12.8 Å². The van der Waals surface area contributed by atoms with Crippen LogP contribution in [0.3, 0.4) is 0 Å². The first-order valence-electron chi connectivity index (χ1n) is 12.6. The van der Waals surface area contributed by atoms with Gasteiger partial charge in [0.25, 0.3) is 0 Å². The highest BCUT2D eigenvalue weighted by atomic mass is 19.1. The van der Waals surface area contributed by atoms with Gasteiger partial charge < -0.3 is 25.4 Å². The number of hydrogen-bond donors (Lipinski definition) is 3. The summed E-state index contributed by atoms with van der Waals surface area (Å²) in [5, 5.41) is 10.6.